The molecule has 5 heteroatoms. The minimum atomic E-state index is -0.927. The average molecular weight is 215 g/mol. The highest BCUT2D eigenvalue weighted by molar-refractivity contribution is 5.80. The van der Waals surface area contributed by atoms with Crippen LogP contribution in [0.5, 0.6) is 0 Å². The van der Waals surface area contributed by atoms with Gasteiger partial charge < -0.3 is 14.7 Å². The van der Waals surface area contributed by atoms with Gasteiger partial charge in [-0.3, -0.25) is 9.59 Å². The van der Waals surface area contributed by atoms with Gasteiger partial charge in [-0.05, 0) is 12.8 Å². The predicted octanol–water partition coefficient (Wildman–Crippen LogP) is 0.489. The molecule has 1 aliphatic rings. The Kier molecular flexibility index (Phi) is 4.55. The highest BCUT2D eigenvalue weighted by Gasteiger charge is 2.23. The molecule has 1 N–H and O–H groups in total. The maximum atomic E-state index is 11.6. The summed E-state index contributed by atoms with van der Waals surface area (Å²) in [6.07, 6.45) is 2.00. The smallest absolute Gasteiger partial charge is 0.303 e. The van der Waals surface area contributed by atoms with Gasteiger partial charge in [0.1, 0.15) is 0 Å². The van der Waals surface area contributed by atoms with E-state index >= 15 is 0 Å². The molecule has 15 heavy (non-hydrogen) atoms. The summed E-state index contributed by atoms with van der Waals surface area (Å²) in [5.74, 6) is -1.01. The van der Waals surface area contributed by atoms with Crippen LogP contribution in [-0.2, 0) is 14.3 Å². The van der Waals surface area contributed by atoms with Crippen LogP contribution in [0.25, 0.3) is 0 Å². The molecule has 86 valence electrons. The van der Waals surface area contributed by atoms with Gasteiger partial charge in [0.2, 0.25) is 5.91 Å². The van der Waals surface area contributed by atoms with E-state index in [2.05, 4.69) is 0 Å². The Labute approximate surface area is 89.0 Å². The normalized spacial score (nSPS) is 21.4. The van der Waals surface area contributed by atoms with Crippen molar-refractivity contribution in [3.05, 3.63) is 0 Å². The molecule has 1 unspecified atom stereocenters. The highest BCUT2D eigenvalue weighted by atomic mass is 16.5. The van der Waals surface area contributed by atoms with Gasteiger partial charge in [0, 0.05) is 26.6 Å². The number of carboxylic acid groups (broad SMARTS) is 1. The van der Waals surface area contributed by atoms with Crippen LogP contribution in [0.1, 0.15) is 25.7 Å². The molecule has 0 bridgehead atoms. The third-order valence-corrected chi connectivity index (χ3v) is 2.62. The summed E-state index contributed by atoms with van der Waals surface area (Å²) in [5, 5.41) is 8.46. The third kappa shape index (κ3) is 3.87. The van der Waals surface area contributed by atoms with E-state index in [-0.39, 0.29) is 24.9 Å². The van der Waals surface area contributed by atoms with Crippen LogP contribution in [-0.4, -0.2) is 48.2 Å². The summed E-state index contributed by atoms with van der Waals surface area (Å²) >= 11 is 0. The lowest BCUT2D eigenvalue weighted by atomic mass is 10.1. The van der Waals surface area contributed by atoms with Gasteiger partial charge >= 0.3 is 5.97 Å². The van der Waals surface area contributed by atoms with Gasteiger partial charge in [-0.2, -0.15) is 0 Å². The quantitative estimate of drug-likeness (QED) is 0.741. The summed E-state index contributed by atoms with van der Waals surface area (Å²) in [6.45, 7) is 1.31. The standard InChI is InChI=1S/C10H17NO4/c1-15-8-3-2-6-11(7-8)9(12)4-5-10(13)14/h8H,2-7H2,1H3,(H,13,14). The molecule has 1 fully saturated rings. The molecule has 1 amide bonds. The Morgan fingerprint density at radius 1 is 1.47 bits per heavy atom. The van der Waals surface area contributed by atoms with Gasteiger partial charge in [-0.25, -0.2) is 0 Å². The summed E-state index contributed by atoms with van der Waals surface area (Å²) < 4.78 is 5.19. The van der Waals surface area contributed by atoms with Crippen molar-refractivity contribution in [1.29, 1.82) is 0 Å². The Morgan fingerprint density at radius 2 is 2.20 bits per heavy atom. The maximum Gasteiger partial charge on any atom is 0.303 e. The van der Waals surface area contributed by atoms with Gasteiger partial charge in [0.05, 0.1) is 12.5 Å². The molecular formula is C10H17NO4. The molecule has 1 aliphatic heterocycles. The number of hydrogen-bond acceptors (Lipinski definition) is 3. The molecule has 0 aromatic carbocycles. The first kappa shape index (κ1) is 12.0. The van der Waals surface area contributed by atoms with Crippen molar-refractivity contribution in [3.8, 4) is 0 Å². The van der Waals surface area contributed by atoms with E-state index in [0.29, 0.717) is 6.54 Å². The lowest BCUT2D eigenvalue weighted by molar-refractivity contribution is -0.142. The number of methoxy groups -OCH3 is 1. The zero-order chi connectivity index (χ0) is 11.3. The molecular weight excluding hydrogens is 198 g/mol. The molecule has 1 heterocycles. The molecule has 0 spiro atoms. The van der Waals surface area contributed by atoms with E-state index in [1.54, 1.807) is 12.0 Å². The molecule has 5 nitrogen and oxygen atoms in total. The zero-order valence-corrected chi connectivity index (χ0v) is 8.94. The van der Waals surface area contributed by atoms with Crippen LogP contribution in [0.15, 0.2) is 0 Å². The van der Waals surface area contributed by atoms with Crippen LogP contribution in [0.2, 0.25) is 0 Å². The maximum absolute atomic E-state index is 11.6. The second kappa shape index (κ2) is 5.70. The van der Waals surface area contributed by atoms with Crippen molar-refractivity contribution < 1.29 is 19.4 Å². The Bertz CT molecular complexity index is 242. The molecule has 1 rings (SSSR count). The Balaban J connectivity index is 2.35. The number of carboxylic acids is 1. The molecule has 1 saturated heterocycles. The molecule has 0 aliphatic carbocycles. The van der Waals surface area contributed by atoms with Crippen molar-refractivity contribution in [2.75, 3.05) is 20.2 Å². The SMILES string of the molecule is COC1CCCN(C(=O)CCC(=O)O)C1. The Hall–Kier alpha value is -1.10. The lowest BCUT2D eigenvalue weighted by Crippen LogP contribution is -2.42. The van der Waals surface area contributed by atoms with Crippen molar-refractivity contribution in [3.63, 3.8) is 0 Å². The minimum Gasteiger partial charge on any atom is -0.481 e. The second-order valence-electron chi connectivity index (χ2n) is 3.73. The molecule has 0 radical (unpaired) electrons. The van der Waals surface area contributed by atoms with Gasteiger partial charge in [0.15, 0.2) is 0 Å². The van der Waals surface area contributed by atoms with Crippen LogP contribution < -0.4 is 0 Å². The van der Waals surface area contributed by atoms with Gasteiger partial charge in [-0.1, -0.05) is 0 Å². The lowest BCUT2D eigenvalue weighted by Gasteiger charge is -2.31. The molecule has 0 aromatic rings. The van der Waals surface area contributed by atoms with Gasteiger partial charge in [0.25, 0.3) is 0 Å². The van der Waals surface area contributed by atoms with E-state index in [1.807, 2.05) is 0 Å². The van der Waals surface area contributed by atoms with Crippen molar-refractivity contribution in [1.82, 2.24) is 4.90 Å². The number of carbonyl (C=O) groups excluding carboxylic acids is 1. The summed E-state index contributed by atoms with van der Waals surface area (Å²) in [4.78, 5) is 23.6. The number of rotatable bonds is 4. The number of hydrogen-bond donors (Lipinski definition) is 1. The summed E-state index contributed by atoms with van der Waals surface area (Å²) in [5.41, 5.74) is 0. The fourth-order valence-corrected chi connectivity index (χ4v) is 1.73. The number of likely N-dealkylation sites (tertiary alicyclic amines) is 1. The third-order valence-electron chi connectivity index (χ3n) is 2.62. The number of nitrogens with zero attached hydrogens (tertiary/aromatic N) is 1. The Morgan fingerprint density at radius 3 is 2.80 bits per heavy atom. The largest absolute Gasteiger partial charge is 0.481 e. The second-order valence-corrected chi connectivity index (χ2v) is 3.73. The van der Waals surface area contributed by atoms with Crippen molar-refractivity contribution in [2.45, 2.75) is 31.8 Å². The van der Waals surface area contributed by atoms with E-state index in [4.69, 9.17) is 9.84 Å². The highest BCUT2D eigenvalue weighted by Crippen LogP contribution is 2.13. The molecule has 0 aromatic heterocycles. The number of aliphatic carboxylic acids is 1. The van der Waals surface area contributed by atoms with Gasteiger partial charge in [-0.15, -0.1) is 0 Å². The number of piperidine rings is 1. The van der Waals surface area contributed by atoms with Crippen molar-refractivity contribution in [2.24, 2.45) is 0 Å². The first-order valence-electron chi connectivity index (χ1n) is 5.16. The van der Waals surface area contributed by atoms with E-state index < -0.39 is 5.97 Å². The van der Waals surface area contributed by atoms with Crippen molar-refractivity contribution >= 4 is 11.9 Å². The van der Waals surface area contributed by atoms with Crippen LogP contribution >= 0.6 is 0 Å². The fraction of sp³-hybridized carbons (Fsp3) is 0.800. The fourth-order valence-electron chi connectivity index (χ4n) is 1.73. The predicted molar refractivity (Wildman–Crippen MR) is 53.5 cm³/mol. The topological polar surface area (TPSA) is 66.8 Å². The first-order chi connectivity index (χ1) is 7.13. The van der Waals surface area contributed by atoms with Crippen LogP contribution in [0, 0.1) is 0 Å². The zero-order valence-electron chi connectivity index (χ0n) is 8.94. The number of carbonyl (C=O) groups is 2. The average Bonchev–Trinajstić information content (AvgIpc) is 2.26. The molecule has 0 saturated carbocycles. The van der Waals surface area contributed by atoms with E-state index in [1.165, 1.54) is 0 Å². The number of ether oxygens (including phenoxy) is 1. The van der Waals surface area contributed by atoms with Crippen LogP contribution in [0.4, 0.5) is 0 Å². The molecule has 1 atom stereocenters. The summed E-state index contributed by atoms with van der Waals surface area (Å²) in [7, 11) is 1.63. The monoisotopic (exact) mass is 215 g/mol. The van der Waals surface area contributed by atoms with E-state index in [0.717, 1.165) is 19.4 Å². The number of amides is 1. The minimum absolute atomic E-state index is 0.0841. The summed E-state index contributed by atoms with van der Waals surface area (Å²) in [6, 6.07) is 0. The van der Waals surface area contributed by atoms with Crippen LogP contribution in [0.3, 0.4) is 0 Å². The van der Waals surface area contributed by atoms with E-state index in [9.17, 15) is 9.59 Å². The first-order valence-corrected chi connectivity index (χ1v) is 5.16.